The first-order valence-corrected chi connectivity index (χ1v) is 11.6. The van der Waals surface area contributed by atoms with Crippen LogP contribution in [0.1, 0.15) is 23.9 Å². The normalized spacial score (nSPS) is 15.2. The zero-order valence-electron chi connectivity index (χ0n) is 18.4. The second kappa shape index (κ2) is 9.33. The second-order valence-corrected chi connectivity index (χ2v) is 8.64. The number of ether oxygens (including phenoxy) is 1. The van der Waals surface area contributed by atoms with Gasteiger partial charge in [0.05, 0.1) is 12.3 Å². The van der Waals surface area contributed by atoms with Crippen LogP contribution in [0.3, 0.4) is 0 Å². The Morgan fingerprint density at radius 3 is 2.42 bits per heavy atom. The van der Waals surface area contributed by atoms with Crippen LogP contribution < -0.4 is 15.0 Å². The summed E-state index contributed by atoms with van der Waals surface area (Å²) in [5, 5.41) is 2.67. The van der Waals surface area contributed by atoms with E-state index in [0.717, 1.165) is 27.1 Å². The zero-order chi connectivity index (χ0) is 23.7. The molecule has 0 radical (unpaired) electrons. The fraction of sp³-hybridized carbons (Fsp3) is 0.160. The highest BCUT2D eigenvalue weighted by molar-refractivity contribution is 9.10. The summed E-state index contributed by atoms with van der Waals surface area (Å²) < 4.78 is 8.44. The van der Waals surface area contributed by atoms with Crippen molar-refractivity contribution in [3.8, 4) is 11.4 Å². The number of para-hydroxylation sites is 1. The van der Waals surface area contributed by atoms with Crippen molar-refractivity contribution in [1.29, 1.82) is 0 Å². The van der Waals surface area contributed by atoms with Gasteiger partial charge >= 0.3 is 0 Å². The largest absolute Gasteiger partial charge is 0.494 e. The van der Waals surface area contributed by atoms with Crippen molar-refractivity contribution in [2.45, 2.75) is 20.8 Å². The molecule has 2 aromatic carbocycles. The van der Waals surface area contributed by atoms with Gasteiger partial charge in [0, 0.05) is 33.2 Å². The van der Waals surface area contributed by atoms with Crippen LogP contribution in [-0.4, -0.2) is 28.1 Å². The minimum absolute atomic E-state index is 0.000533. The van der Waals surface area contributed by atoms with Crippen molar-refractivity contribution >= 4 is 56.8 Å². The van der Waals surface area contributed by atoms with Crippen molar-refractivity contribution in [2.75, 3.05) is 11.5 Å². The number of benzene rings is 2. The molecule has 0 saturated carbocycles. The van der Waals surface area contributed by atoms with E-state index in [2.05, 4.69) is 25.8 Å². The Balaban J connectivity index is 1.79. The molecule has 1 aromatic heterocycles. The van der Waals surface area contributed by atoms with Gasteiger partial charge in [0.15, 0.2) is 5.11 Å². The van der Waals surface area contributed by atoms with E-state index in [1.165, 1.54) is 4.90 Å². The number of thiocarbonyl (C=S) groups is 1. The fourth-order valence-electron chi connectivity index (χ4n) is 3.87. The molecule has 0 unspecified atom stereocenters. The molecule has 3 aromatic rings. The molecule has 1 aliphatic rings. The number of rotatable bonds is 5. The van der Waals surface area contributed by atoms with E-state index in [0.29, 0.717) is 18.0 Å². The molecule has 0 aliphatic carbocycles. The van der Waals surface area contributed by atoms with Crippen molar-refractivity contribution in [1.82, 2.24) is 9.88 Å². The maximum absolute atomic E-state index is 13.5. The number of aromatic nitrogens is 1. The summed E-state index contributed by atoms with van der Waals surface area (Å²) in [5.74, 6) is -0.408. The molecule has 2 amide bonds. The summed E-state index contributed by atoms with van der Waals surface area (Å²) >= 11 is 8.97. The van der Waals surface area contributed by atoms with Gasteiger partial charge in [-0.05, 0) is 79.3 Å². The van der Waals surface area contributed by atoms with Crippen LogP contribution in [0.2, 0.25) is 0 Å². The maximum atomic E-state index is 13.5. The number of nitrogens with zero attached hydrogens (tertiary/aromatic N) is 2. The Morgan fingerprint density at radius 2 is 1.73 bits per heavy atom. The number of carbonyl (C=O) groups is 2. The molecular weight excluding hydrogens is 502 g/mol. The number of nitrogens with one attached hydrogen (secondary N) is 1. The number of hydrogen-bond acceptors (Lipinski definition) is 4. The van der Waals surface area contributed by atoms with E-state index in [-0.39, 0.29) is 10.7 Å². The van der Waals surface area contributed by atoms with Gasteiger partial charge in [0.2, 0.25) is 0 Å². The van der Waals surface area contributed by atoms with Crippen LogP contribution in [0.15, 0.2) is 64.6 Å². The fourth-order valence-corrected chi connectivity index (χ4v) is 4.73. The van der Waals surface area contributed by atoms with Crippen molar-refractivity contribution in [3.05, 3.63) is 81.6 Å². The standard InChI is InChI=1S/C25H22BrN3O3S/c1-4-32-19-12-8-11-18(13-19)29-24(31)21(23(30)27-25(29)33)14-20-15(2)28(16(3)22(20)26)17-9-6-5-7-10-17/h5-14H,4H2,1-3H3,(H,27,30,33)/b21-14+. The predicted molar refractivity (Wildman–Crippen MR) is 137 cm³/mol. The Bertz CT molecular complexity index is 1300. The van der Waals surface area contributed by atoms with Gasteiger partial charge in [-0.15, -0.1) is 0 Å². The van der Waals surface area contributed by atoms with Crippen LogP contribution >= 0.6 is 28.1 Å². The smallest absolute Gasteiger partial charge is 0.270 e. The molecule has 168 valence electrons. The van der Waals surface area contributed by atoms with E-state index in [1.807, 2.05) is 51.1 Å². The summed E-state index contributed by atoms with van der Waals surface area (Å²) in [6.07, 6.45) is 1.62. The third-order valence-electron chi connectivity index (χ3n) is 5.41. The lowest BCUT2D eigenvalue weighted by atomic mass is 10.1. The second-order valence-electron chi connectivity index (χ2n) is 7.46. The Kier molecular flexibility index (Phi) is 6.49. The van der Waals surface area contributed by atoms with Gasteiger partial charge < -0.3 is 9.30 Å². The molecule has 33 heavy (non-hydrogen) atoms. The molecule has 4 rings (SSSR count). The molecule has 2 heterocycles. The van der Waals surface area contributed by atoms with E-state index in [9.17, 15) is 9.59 Å². The molecule has 0 atom stereocenters. The van der Waals surface area contributed by atoms with Gasteiger partial charge in [-0.1, -0.05) is 24.3 Å². The van der Waals surface area contributed by atoms with Crippen LogP contribution in [0.4, 0.5) is 5.69 Å². The van der Waals surface area contributed by atoms with Crippen molar-refractivity contribution < 1.29 is 14.3 Å². The molecule has 6 nitrogen and oxygen atoms in total. The van der Waals surface area contributed by atoms with E-state index in [1.54, 1.807) is 30.3 Å². The number of amides is 2. The summed E-state index contributed by atoms with van der Waals surface area (Å²) in [4.78, 5) is 27.6. The summed E-state index contributed by atoms with van der Waals surface area (Å²) in [5.41, 5.74) is 4.14. The average molecular weight is 524 g/mol. The van der Waals surface area contributed by atoms with Gasteiger partial charge in [-0.3, -0.25) is 19.8 Å². The highest BCUT2D eigenvalue weighted by atomic mass is 79.9. The SMILES string of the molecule is CCOc1cccc(N2C(=O)/C(=C/c3c(Br)c(C)n(-c4ccccc4)c3C)C(=O)NC2=S)c1. The zero-order valence-corrected chi connectivity index (χ0v) is 20.8. The van der Waals surface area contributed by atoms with Crippen molar-refractivity contribution in [2.24, 2.45) is 0 Å². The average Bonchev–Trinajstić information content (AvgIpc) is 3.00. The lowest BCUT2D eigenvalue weighted by Crippen LogP contribution is -2.54. The van der Waals surface area contributed by atoms with Crippen LogP contribution in [-0.2, 0) is 9.59 Å². The third kappa shape index (κ3) is 4.24. The minimum atomic E-state index is -0.529. The predicted octanol–water partition coefficient (Wildman–Crippen LogP) is 5.09. The molecular formula is C25H22BrN3O3S. The number of carbonyl (C=O) groups excluding carboxylic acids is 2. The minimum Gasteiger partial charge on any atom is -0.494 e. The van der Waals surface area contributed by atoms with Crippen LogP contribution in [0.5, 0.6) is 5.75 Å². The van der Waals surface area contributed by atoms with E-state index >= 15 is 0 Å². The highest BCUT2D eigenvalue weighted by Gasteiger charge is 2.35. The summed E-state index contributed by atoms with van der Waals surface area (Å²) in [6.45, 7) is 6.31. The quantitative estimate of drug-likeness (QED) is 0.287. The highest BCUT2D eigenvalue weighted by Crippen LogP contribution is 2.33. The Hall–Kier alpha value is -3.23. The van der Waals surface area contributed by atoms with Gasteiger partial charge in [0.25, 0.3) is 11.8 Å². The van der Waals surface area contributed by atoms with Gasteiger partial charge in [0.1, 0.15) is 11.3 Å². The Labute approximate surface area is 206 Å². The lowest BCUT2D eigenvalue weighted by molar-refractivity contribution is -0.122. The molecule has 0 spiro atoms. The molecule has 1 N–H and O–H groups in total. The maximum Gasteiger partial charge on any atom is 0.270 e. The summed E-state index contributed by atoms with van der Waals surface area (Å²) in [7, 11) is 0. The molecule has 0 bridgehead atoms. The third-order valence-corrected chi connectivity index (χ3v) is 6.69. The summed E-state index contributed by atoms with van der Waals surface area (Å²) in [6, 6.07) is 17.0. The first kappa shape index (κ1) is 22.9. The topological polar surface area (TPSA) is 63.6 Å². The molecule has 1 saturated heterocycles. The monoisotopic (exact) mass is 523 g/mol. The van der Waals surface area contributed by atoms with Crippen molar-refractivity contribution in [3.63, 3.8) is 0 Å². The first-order chi connectivity index (χ1) is 15.8. The molecule has 1 fully saturated rings. The van der Waals surface area contributed by atoms with Gasteiger partial charge in [-0.25, -0.2) is 0 Å². The van der Waals surface area contributed by atoms with Crippen LogP contribution in [0, 0.1) is 13.8 Å². The molecule has 8 heteroatoms. The Morgan fingerprint density at radius 1 is 1.03 bits per heavy atom. The van der Waals surface area contributed by atoms with E-state index in [4.69, 9.17) is 17.0 Å². The first-order valence-electron chi connectivity index (χ1n) is 10.4. The van der Waals surface area contributed by atoms with E-state index < -0.39 is 11.8 Å². The van der Waals surface area contributed by atoms with Gasteiger partial charge in [-0.2, -0.15) is 0 Å². The molecule has 1 aliphatic heterocycles. The lowest BCUT2D eigenvalue weighted by Gasteiger charge is -2.29. The number of hydrogen-bond donors (Lipinski definition) is 1. The number of anilines is 1. The van der Waals surface area contributed by atoms with Crippen LogP contribution in [0.25, 0.3) is 11.8 Å². The number of halogens is 1.